The van der Waals surface area contributed by atoms with Gasteiger partial charge in [-0.2, -0.15) is 0 Å². The van der Waals surface area contributed by atoms with Crippen LogP contribution in [0.3, 0.4) is 0 Å². The topological polar surface area (TPSA) is 56.2 Å². The number of ether oxygens (including phenoxy) is 1. The molecule has 0 aliphatic carbocycles. The number of aliphatic hydroxyl groups excluding tert-OH is 1. The minimum atomic E-state index is 0.0321. The van der Waals surface area contributed by atoms with Crippen LogP contribution in [0.5, 0.6) is 0 Å². The van der Waals surface area contributed by atoms with Gasteiger partial charge in [0.25, 0.3) is 0 Å². The Hall–Kier alpha value is -1.63. The van der Waals surface area contributed by atoms with Crippen molar-refractivity contribution in [3.05, 3.63) is 29.8 Å². The molecule has 6 heteroatoms. The number of benzene rings is 1. The highest BCUT2D eigenvalue weighted by Gasteiger charge is 2.25. The van der Waals surface area contributed by atoms with Crippen molar-refractivity contribution in [1.29, 1.82) is 0 Å². The molecule has 1 aromatic rings. The van der Waals surface area contributed by atoms with Crippen molar-refractivity contribution in [2.45, 2.75) is 6.92 Å². The van der Waals surface area contributed by atoms with Crippen molar-refractivity contribution in [2.24, 2.45) is 5.92 Å². The summed E-state index contributed by atoms with van der Waals surface area (Å²) in [5, 5.41) is 9.36. The van der Waals surface area contributed by atoms with Gasteiger partial charge in [-0.3, -0.25) is 9.69 Å². The van der Waals surface area contributed by atoms with E-state index in [0.29, 0.717) is 32.8 Å². The molecule has 6 nitrogen and oxygen atoms in total. The van der Waals surface area contributed by atoms with Crippen molar-refractivity contribution < 1.29 is 14.6 Å². The Morgan fingerprint density at radius 2 is 2.04 bits per heavy atom. The fourth-order valence-corrected chi connectivity index (χ4v) is 3.50. The summed E-state index contributed by atoms with van der Waals surface area (Å²) >= 11 is 0. The molecular formula is C19H29N3O3. The van der Waals surface area contributed by atoms with Crippen molar-refractivity contribution in [2.75, 3.05) is 70.5 Å². The third kappa shape index (κ3) is 4.93. The highest BCUT2D eigenvalue weighted by molar-refractivity contribution is 5.78. The maximum atomic E-state index is 12.6. The zero-order valence-electron chi connectivity index (χ0n) is 15.1. The first-order valence-corrected chi connectivity index (χ1v) is 9.16. The Morgan fingerprint density at radius 3 is 2.76 bits per heavy atom. The van der Waals surface area contributed by atoms with Gasteiger partial charge in [0, 0.05) is 57.5 Å². The van der Waals surface area contributed by atoms with Crippen LogP contribution in [0.4, 0.5) is 5.69 Å². The predicted molar refractivity (Wildman–Crippen MR) is 97.8 cm³/mol. The lowest BCUT2D eigenvalue weighted by Crippen LogP contribution is -2.50. The van der Waals surface area contributed by atoms with E-state index >= 15 is 0 Å². The molecule has 2 fully saturated rings. The number of rotatable bonds is 4. The van der Waals surface area contributed by atoms with Crippen molar-refractivity contribution >= 4 is 11.6 Å². The third-order valence-electron chi connectivity index (χ3n) is 5.05. The Bertz CT molecular complexity index is 573. The number of carbonyl (C=O) groups is 1. The maximum absolute atomic E-state index is 12.6. The molecule has 1 amide bonds. The summed E-state index contributed by atoms with van der Waals surface area (Å²) in [4.78, 5) is 19.1. The van der Waals surface area contributed by atoms with Crippen LogP contribution in [-0.2, 0) is 9.53 Å². The van der Waals surface area contributed by atoms with E-state index < -0.39 is 0 Å². The zero-order valence-corrected chi connectivity index (χ0v) is 15.1. The lowest BCUT2D eigenvalue weighted by molar-refractivity contribution is -0.133. The lowest BCUT2D eigenvalue weighted by atomic mass is 10.1. The number of aryl methyl sites for hydroxylation is 1. The summed E-state index contributed by atoms with van der Waals surface area (Å²) in [5.74, 6) is 0.178. The second-order valence-corrected chi connectivity index (χ2v) is 7.07. The van der Waals surface area contributed by atoms with Gasteiger partial charge < -0.3 is 19.6 Å². The Balaban J connectivity index is 1.49. The minimum absolute atomic E-state index is 0.0321. The molecule has 0 saturated carbocycles. The monoisotopic (exact) mass is 347 g/mol. The molecular weight excluding hydrogens is 318 g/mol. The number of amides is 1. The second-order valence-electron chi connectivity index (χ2n) is 7.07. The Labute approximate surface area is 150 Å². The molecule has 138 valence electrons. The SMILES string of the molecule is Cc1cccc(N2CCN(CC(=O)N3CCOC[C@H](CO)C3)CC2)c1. The van der Waals surface area contributed by atoms with Gasteiger partial charge in [-0.05, 0) is 24.6 Å². The van der Waals surface area contributed by atoms with E-state index in [1.165, 1.54) is 11.3 Å². The van der Waals surface area contributed by atoms with Gasteiger partial charge in [0.2, 0.25) is 5.91 Å². The molecule has 2 heterocycles. The van der Waals surface area contributed by atoms with Crippen LogP contribution in [0.25, 0.3) is 0 Å². The second kappa shape index (κ2) is 8.65. The Morgan fingerprint density at radius 1 is 1.24 bits per heavy atom. The summed E-state index contributed by atoms with van der Waals surface area (Å²) < 4.78 is 5.47. The van der Waals surface area contributed by atoms with Crippen LogP contribution in [0.1, 0.15) is 5.56 Å². The summed E-state index contributed by atoms with van der Waals surface area (Å²) in [6.07, 6.45) is 0. The van der Waals surface area contributed by atoms with Crippen molar-refractivity contribution in [1.82, 2.24) is 9.80 Å². The molecule has 25 heavy (non-hydrogen) atoms. The molecule has 2 aliphatic rings. The molecule has 1 N–H and O–H groups in total. The van der Waals surface area contributed by atoms with E-state index in [4.69, 9.17) is 4.74 Å². The van der Waals surface area contributed by atoms with E-state index in [-0.39, 0.29) is 18.4 Å². The molecule has 0 aromatic heterocycles. The molecule has 1 aromatic carbocycles. The summed E-state index contributed by atoms with van der Waals surface area (Å²) in [6.45, 7) is 8.64. The van der Waals surface area contributed by atoms with Gasteiger partial charge in [-0.1, -0.05) is 12.1 Å². The van der Waals surface area contributed by atoms with Gasteiger partial charge in [-0.25, -0.2) is 0 Å². The van der Waals surface area contributed by atoms with Gasteiger partial charge in [0.15, 0.2) is 0 Å². The van der Waals surface area contributed by atoms with Crippen molar-refractivity contribution in [3.8, 4) is 0 Å². The van der Waals surface area contributed by atoms with Crippen LogP contribution in [0, 0.1) is 12.8 Å². The van der Waals surface area contributed by atoms with E-state index in [2.05, 4.69) is 41.0 Å². The number of anilines is 1. The van der Waals surface area contributed by atoms with Crippen LogP contribution in [-0.4, -0.2) is 86.4 Å². The fraction of sp³-hybridized carbons (Fsp3) is 0.632. The van der Waals surface area contributed by atoms with E-state index in [9.17, 15) is 9.90 Å². The average molecular weight is 347 g/mol. The number of hydrogen-bond donors (Lipinski definition) is 1. The average Bonchev–Trinajstić information content (AvgIpc) is 2.88. The highest BCUT2D eigenvalue weighted by atomic mass is 16.5. The fourth-order valence-electron chi connectivity index (χ4n) is 3.50. The summed E-state index contributed by atoms with van der Waals surface area (Å²) in [5.41, 5.74) is 2.54. The standard InChI is InChI=1S/C19H29N3O3/c1-16-3-2-4-18(11-16)21-7-5-20(6-8-21)13-19(24)22-9-10-25-15-17(12-22)14-23/h2-4,11,17,23H,5-10,12-15H2,1H3/t17-/m0/s1. The molecule has 2 saturated heterocycles. The van der Waals surface area contributed by atoms with Gasteiger partial charge in [0.05, 0.1) is 19.8 Å². The van der Waals surface area contributed by atoms with Gasteiger partial charge in [0.1, 0.15) is 0 Å². The first-order valence-electron chi connectivity index (χ1n) is 9.16. The van der Waals surface area contributed by atoms with Gasteiger partial charge >= 0.3 is 0 Å². The molecule has 0 radical (unpaired) electrons. The molecule has 2 aliphatic heterocycles. The van der Waals surface area contributed by atoms with Crippen LogP contribution < -0.4 is 4.90 Å². The number of hydrogen-bond acceptors (Lipinski definition) is 5. The summed E-state index contributed by atoms with van der Waals surface area (Å²) in [7, 11) is 0. The van der Waals surface area contributed by atoms with E-state index in [1.807, 2.05) is 4.90 Å². The minimum Gasteiger partial charge on any atom is -0.396 e. The first-order chi connectivity index (χ1) is 12.2. The molecule has 0 unspecified atom stereocenters. The molecule has 1 atom stereocenters. The van der Waals surface area contributed by atoms with Crippen molar-refractivity contribution in [3.63, 3.8) is 0 Å². The number of aliphatic hydroxyl groups is 1. The van der Waals surface area contributed by atoms with Gasteiger partial charge in [-0.15, -0.1) is 0 Å². The first kappa shape index (κ1) is 18.2. The summed E-state index contributed by atoms with van der Waals surface area (Å²) in [6, 6.07) is 8.58. The number of carbonyl (C=O) groups excluding carboxylic acids is 1. The largest absolute Gasteiger partial charge is 0.396 e. The van der Waals surface area contributed by atoms with Crippen LogP contribution in [0.15, 0.2) is 24.3 Å². The predicted octanol–water partition coefficient (Wildman–Crippen LogP) is 0.584. The molecule has 0 spiro atoms. The van der Waals surface area contributed by atoms with E-state index in [0.717, 1.165) is 26.2 Å². The highest BCUT2D eigenvalue weighted by Crippen LogP contribution is 2.18. The third-order valence-corrected chi connectivity index (χ3v) is 5.05. The van der Waals surface area contributed by atoms with Crippen LogP contribution in [0.2, 0.25) is 0 Å². The smallest absolute Gasteiger partial charge is 0.236 e. The quantitative estimate of drug-likeness (QED) is 0.864. The molecule has 0 bridgehead atoms. The van der Waals surface area contributed by atoms with Crippen LogP contribution >= 0.6 is 0 Å². The Kier molecular flexibility index (Phi) is 6.29. The maximum Gasteiger partial charge on any atom is 0.236 e. The zero-order chi connectivity index (χ0) is 17.6. The number of nitrogens with zero attached hydrogens (tertiary/aromatic N) is 3. The number of piperazine rings is 1. The normalized spacial score (nSPS) is 22.7. The van der Waals surface area contributed by atoms with E-state index in [1.54, 1.807) is 0 Å². The lowest BCUT2D eigenvalue weighted by Gasteiger charge is -2.36. The molecule has 3 rings (SSSR count).